The summed E-state index contributed by atoms with van der Waals surface area (Å²) in [5, 5.41) is 11.1. The highest BCUT2D eigenvalue weighted by atomic mass is 35.5. The first-order chi connectivity index (χ1) is 13.9. The summed E-state index contributed by atoms with van der Waals surface area (Å²) in [5.74, 6) is 1.40. The molecule has 0 fully saturated rings. The number of ether oxygens (including phenoxy) is 2. The summed E-state index contributed by atoms with van der Waals surface area (Å²) in [6.07, 6.45) is 0.733. The molecule has 29 heavy (non-hydrogen) atoms. The molecule has 0 radical (unpaired) electrons. The predicted molar refractivity (Wildman–Crippen MR) is 115 cm³/mol. The maximum atomic E-state index is 12.9. The average molecular weight is 414 g/mol. The molecule has 0 spiro atoms. The molecule has 3 rings (SSSR count). The normalized spacial score (nSPS) is 10.8. The fourth-order valence-corrected chi connectivity index (χ4v) is 3.26. The number of halogens is 1. The Balaban J connectivity index is 2.05. The number of amides is 1. The maximum Gasteiger partial charge on any atom is 0.255 e. The molecular weight excluding hydrogens is 390 g/mol. The lowest BCUT2D eigenvalue weighted by atomic mass is 10.0. The van der Waals surface area contributed by atoms with Gasteiger partial charge in [-0.2, -0.15) is 5.10 Å². The van der Waals surface area contributed by atoms with Gasteiger partial charge in [-0.15, -0.1) is 0 Å². The van der Waals surface area contributed by atoms with Crippen LogP contribution in [0.15, 0.2) is 42.5 Å². The van der Waals surface area contributed by atoms with Crippen LogP contribution >= 0.6 is 11.6 Å². The van der Waals surface area contributed by atoms with Crippen LogP contribution in [0.4, 0.5) is 5.69 Å². The standard InChI is InChI=1S/C22H24ClN3O3/c1-13(2)10-18-21(24-22(27)14-6-5-7-15(23)11-14)20(26-25-18)17-9-8-16(28-3)12-19(17)29-4/h5-9,11-13H,10H2,1-4H3,(H,24,27)(H,25,26). The molecule has 1 aromatic heterocycles. The fraction of sp³-hybridized carbons (Fsp3) is 0.273. The number of aromatic amines is 1. The summed E-state index contributed by atoms with van der Waals surface area (Å²) < 4.78 is 10.8. The van der Waals surface area contributed by atoms with Crippen molar-refractivity contribution in [2.45, 2.75) is 20.3 Å². The zero-order valence-electron chi connectivity index (χ0n) is 16.9. The van der Waals surface area contributed by atoms with Gasteiger partial charge in [-0.1, -0.05) is 31.5 Å². The topological polar surface area (TPSA) is 76.2 Å². The summed E-state index contributed by atoms with van der Waals surface area (Å²) in [5.41, 5.74) is 3.31. The molecule has 1 amide bonds. The number of hydrogen-bond donors (Lipinski definition) is 2. The number of carbonyl (C=O) groups excluding carboxylic acids is 1. The van der Waals surface area contributed by atoms with Crippen LogP contribution in [0.3, 0.4) is 0 Å². The van der Waals surface area contributed by atoms with E-state index < -0.39 is 0 Å². The Labute approximate surface area is 175 Å². The third-order valence-electron chi connectivity index (χ3n) is 4.44. The lowest BCUT2D eigenvalue weighted by Crippen LogP contribution is -2.14. The molecule has 6 nitrogen and oxygen atoms in total. The fourth-order valence-electron chi connectivity index (χ4n) is 3.07. The average Bonchev–Trinajstić information content (AvgIpc) is 3.08. The number of H-pyrrole nitrogens is 1. The van der Waals surface area contributed by atoms with Crippen molar-refractivity contribution in [3.63, 3.8) is 0 Å². The third-order valence-corrected chi connectivity index (χ3v) is 4.68. The number of hydrogen-bond acceptors (Lipinski definition) is 4. The predicted octanol–water partition coefficient (Wildman–Crippen LogP) is 5.20. The van der Waals surface area contributed by atoms with E-state index in [9.17, 15) is 4.79 Å². The first-order valence-corrected chi connectivity index (χ1v) is 9.67. The van der Waals surface area contributed by atoms with Crippen molar-refractivity contribution in [1.82, 2.24) is 10.2 Å². The van der Waals surface area contributed by atoms with Crippen LogP contribution in [-0.4, -0.2) is 30.3 Å². The van der Waals surface area contributed by atoms with Crippen LogP contribution in [0.5, 0.6) is 11.5 Å². The van der Waals surface area contributed by atoms with Gasteiger partial charge in [0.1, 0.15) is 17.2 Å². The van der Waals surface area contributed by atoms with Crippen LogP contribution in [0.2, 0.25) is 5.02 Å². The van der Waals surface area contributed by atoms with Crippen LogP contribution < -0.4 is 14.8 Å². The quantitative estimate of drug-likeness (QED) is 0.558. The second-order valence-corrected chi connectivity index (χ2v) is 7.49. The number of anilines is 1. The molecule has 0 aliphatic carbocycles. The molecule has 0 saturated heterocycles. The van der Waals surface area contributed by atoms with Gasteiger partial charge in [0, 0.05) is 22.2 Å². The van der Waals surface area contributed by atoms with E-state index in [4.69, 9.17) is 21.1 Å². The zero-order chi connectivity index (χ0) is 21.0. The molecular formula is C22H24ClN3O3. The van der Waals surface area contributed by atoms with Gasteiger partial charge in [0.15, 0.2) is 0 Å². The van der Waals surface area contributed by atoms with Gasteiger partial charge >= 0.3 is 0 Å². The number of carbonyl (C=O) groups is 1. The van der Waals surface area contributed by atoms with Crippen LogP contribution in [0, 0.1) is 5.92 Å². The van der Waals surface area contributed by atoms with E-state index in [1.54, 1.807) is 44.6 Å². The second-order valence-electron chi connectivity index (χ2n) is 7.05. The minimum absolute atomic E-state index is 0.257. The Morgan fingerprint density at radius 2 is 1.97 bits per heavy atom. The lowest BCUT2D eigenvalue weighted by molar-refractivity contribution is 0.102. The van der Waals surface area contributed by atoms with E-state index in [1.807, 2.05) is 12.1 Å². The monoisotopic (exact) mass is 413 g/mol. The molecule has 1 heterocycles. The van der Waals surface area contributed by atoms with Gasteiger partial charge in [-0.25, -0.2) is 0 Å². The Morgan fingerprint density at radius 3 is 2.62 bits per heavy atom. The summed E-state index contributed by atoms with van der Waals surface area (Å²) in [4.78, 5) is 12.9. The van der Waals surface area contributed by atoms with E-state index in [1.165, 1.54) is 0 Å². The molecule has 0 aliphatic rings. The van der Waals surface area contributed by atoms with Crippen LogP contribution in [-0.2, 0) is 6.42 Å². The van der Waals surface area contributed by atoms with Gasteiger partial charge in [0.2, 0.25) is 0 Å². The van der Waals surface area contributed by atoms with Crippen molar-refractivity contribution >= 4 is 23.2 Å². The van der Waals surface area contributed by atoms with E-state index in [0.29, 0.717) is 39.4 Å². The molecule has 152 valence electrons. The highest BCUT2D eigenvalue weighted by molar-refractivity contribution is 6.31. The molecule has 7 heteroatoms. The molecule has 0 unspecified atom stereocenters. The van der Waals surface area contributed by atoms with Gasteiger partial charge in [0.25, 0.3) is 5.91 Å². The third kappa shape index (κ3) is 4.71. The Bertz CT molecular complexity index is 1010. The van der Waals surface area contributed by atoms with Crippen molar-refractivity contribution in [2.24, 2.45) is 5.92 Å². The first kappa shape index (κ1) is 20.7. The Hall–Kier alpha value is -2.99. The van der Waals surface area contributed by atoms with E-state index >= 15 is 0 Å². The number of rotatable bonds is 7. The van der Waals surface area contributed by atoms with Crippen molar-refractivity contribution in [3.8, 4) is 22.8 Å². The van der Waals surface area contributed by atoms with E-state index in [0.717, 1.165) is 17.7 Å². The second kappa shape index (κ2) is 9.01. The van der Waals surface area contributed by atoms with E-state index in [-0.39, 0.29) is 5.91 Å². The number of methoxy groups -OCH3 is 2. The Kier molecular flexibility index (Phi) is 6.44. The molecule has 3 aromatic rings. The van der Waals surface area contributed by atoms with Gasteiger partial charge in [-0.3, -0.25) is 9.89 Å². The molecule has 2 aromatic carbocycles. The summed E-state index contributed by atoms with van der Waals surface area (Å²) in [6.45, 7) is 4.22. The molecule has 2 N–H and O–H groups in total. The van der Waals surface area contributed by atoms with Crippen molar-refractivity contribution < 1.29 is 14.3 Å². The Morgan fingerprint density at radius 1 is 1.17 bits per heavy atom. The van der Waals surface area contributed by atoms with Crippen molar-refractivity contribution in [2.75, 3.05) is 19.5 Å². The minimum atomic E-state index is -0.257. The van der Waals surface area contributed by atoms with Crippen molar-refractivity contribution in [1.29, 1.82) is 0 Å². The SMILES string of the molecule is COc1ccc(-c2n[nH]c(CC(C)C)c2NC(=O)c2cccc(Cl)c2)c(OC)c1. The zero-order valence-corrected chi connectivity index (χ0v) is 17.6. The number of aromatic nitrogens is 2. The molecule has 0 atom stereocenters. The van der Waals surface area contributed by atoms with Crippen molar-refractivity contribution in [3.05, 3.63) is 58.7 Å². The van der Waals surface area contributed by atoms with Gasteiger partial charge in [0.05, 0.1) is 25.6 Å². The minimum Gasteiger partial charge on any atom is -0.497 e. The largest absolute Gasteiger partial charge is 0.497 e. The van der Waals surface area contributed by atoms with Crippen LogP contribution in [0.1, 0.15) is 29.9 Å². The number of benzene rings is 2. The van der Waals surface area contributed by atoms with Crippen LogP contribution in [0.25, 0.3) is 11.3 Å². The number of nitrogens with one attached hydrogen (secondary N) is 2. The summed E-state index contributed by atoms with van der Waals surface area (Å²) in [6, 6.07) is 12.3. The lowest BCUT2D eigenvalue weighted by Gasteiger charge is -2.13. The van der Waals surface area contributed by atoms with Gasteiger partial charge < -0.3 is 14.8 Å². The summed E-state index contributed by atoms with van der Waals surface area (Å²) in [7, 11) is 3.19. The van der Waals surface area contributed by atoms with Gasteiger partial charge in [-0.05, 0) is 42.7 Å². The first-order valence-electron chi connectivity index (χ1n) is 9.29. The highest BCUT2D eigenvalue weighted by Gasteiger charge is 2.21. The summed E-state index contributed by atoms with van der Waals surface area (Å²) >= 11 is 6.04. The number of nitrogens with zero attached hydrogens (tertiary/aromatic N) is 1. The van der Waals surface area contributed by atoms with E-state index in [2.05, 4.69) is 29.4 Å². The molecule has 0 saturated carbocycles. The highest BCUT2D eigenvalue weighted by Crippen LogP contribution is 2.38. The molecule has 0 bridgehead atoms. The maximum absolute atomic E-state index is 12.9. The smallest absolute Gasteiger partial charge is 0.255 e. The molecule has 0 aliphatic heterocycles.